The van der Waals surface area contributed by atoms with E-state index in [0.29, 0.717) is 6.10 Å². The smallest absolute Gasteiger partial charge is 0.156 e. The summed E-state index contributed by atoms with van der Waals surface area (Å²) < 4.78 is 21.5. The molecule has 0 aromatic heterocycles. The van der Waals surface area contributed by atoms with Crippen LogP contribution in [0.2, 0.25) is 0 Å². The van der Waals surface area contributed by atoms with Gasteiger partial charge in [0.1, 0.15) is 6.10 Å². The summed E-state index contributed by atoms with van der Waals surface area (Å²) in [7, 11) is 3.45. The Morgan fingerprint density at radius 1 is 0.808 bits per heavy atom. The van der Waals surface area contributed by atoms with Gasteiger partial charge >= 0.3 is 0 Å². The third kappa shape index (κ3) is 14.0. The normalized spacial score (nSPS) is 17.8. The molecular formula is C22H44O4. The lowest BCUT2D eigenvalue weighted by Gasteiger charge is -2.19. The number of epoxide rings is 1. The number of ether oxygens (including phenoxy) is 4. The van der Waals surface area contributed by atoms with Crippen LogP contribution in [-0.4, -0.2) is 46.4 Å². The molecule has 0 aromatic rings. The lowest BCUT2D eigenvalue weighted by molar-refractivity contribution is -0.107. The van der Waals surface area contributed by atoms with Crippen molar-refractivity contribution in [1.82, 2.24) is 0 Å². The van der Waals surface area contributed by atoms with Crippen LogP contribution in [0.4, 0.5) is 0 Å². The fourth-order valence-electron chi connectivity index (χ4n) is 3.58. The average molecular weight is 373 g/mol. The second-order valence-electron chi connectivity index (χ2n) is 7.78. The van der Waals surface area contributed by atoms with Crippen LogP contribution in [0.15, 0.2) is 0 Å². The molecule has 0 spiro atoms. The van der Waals surface area contributed by atoms with Crippen molar-refractivity contribution in [3.63, 3.8) is 0 Å². The summed E-state index contributed by atoms with van der Waals surface area (Å²) in [6, 6.07) is 0. The van der Waals surface area contributed by atoms with Gasteiger partial charge in [-0.3, -0.25) is 0 Å². The van der Waals surface area contributed by atoms with Gasteiger partial charge in [-0.15, -0.1) is 0 Å². The molecule has 1 saturated heterocycles. The van der Waals surface area contributed by atoms with E-state index in [1.54, 1.807) is 14.2 Å². The molecule has 156 valence electrons. The van der Waals surface area contributed by atoms with Crippen LogP contribution in [0, 0.1) is 5.92 Å². The maximum Gasteiger partial charge on any atom is 0.156 e. The first-order valence-corrected chi connectivity index (χ1v) is 11.0. The Labute approximate surface area is 162 Å². The van der Waals surface area contributed by atoms with E-state index in [9.17, 15) is 0 Å². The predicted octanol–water partition coefficient (Wildman–Crippen LogP) is 5.73. The molecule has 1 aliphatic rings. The molecule has 0 saturated carbocycles. The van der Waals surface area contributed by atoms with E-state index in [4.69, 9.17) is 18.9 Å². The monoisotopic (exact) mass is 372 g/mol. The van der Waals surface area contributed by atoms with Crippen molar-refractivity contribution in [2.75, 3.05) is 34.0 Å². The summed E-state index contributed by atoms with van der Waals surface area (Å²) in [5, 5.41) is 0. The number of hydrogen-bond donors (Lipinski definition) is 0. The van der Waals surface area contributed by atoms with Crippen LogP contribution in [0.1, 0.15) is 90.4 Å². The summed E-state index contributed by atoms with van der Waals surface area (Å²) in [6.07, 6.45) is 17.4. The van der Waals surface area contributed by atoms with E-state index in [-0.39, 0.29) is 6.29 Å². The molecule has 0 bridgehead atoms. The van der Waals surface area contributed by atoms with Gasteiger partial charge in [0.05, 0.1) is 13.2 Å². The van der Waals surface area contributed by atoms with Crippen molar-refractivity contribution in [1.29, 1.82) is 0 Å². The molecule has 1 rings (SSSR count). The van der Waals surface area contributed by atoms with Gasteiger partial charge in [-0.05, 0) is 31.6 Å². The molecule has 4 nitrogen and oxygen atoms in total. The third-order valence-electron chi connectivity index (χ3n) is 5.40. The van der Waals surface area contributed by atoms with Gasteiger partial charge in [0, 0.05) is 20.8 Å². The first kappa shape index (κ1) is 23.9. The van der Waals surface area contributed by atoms with Crippen LogP contribution >= 0.6 is 0 Å². The van der Waals surface area contributed by atoms with Crippen molar-refractivity contribution in [2.45, 2.75) is 103 Å². The molecule has 26 heavy (non-hydrogen) atoms. The fourth-order valence-corrected chi connectivity index (χ4v) is 3.58. The molecule has 1 heterocycles. The Hall–Kier alpha value is -0.160. The zero-order valence-electron chi connectivity index (χ0n) is 17.7. The minimum atomic E-state index is -0.0453. The SMILES string of the molecule is CCCCCCCCCC(CCCOCC1CO1)CCCC(OC)OC. The summed E-state index contributed by atoms with van der Waals surface area (Å²) >= 11 is 0. The highest BCUT2D eigenvalue weighted by molar-refractivity contribution is 4.67. The van der Waals surface area contributed by atoms with E-state index < -0.39 is 0 Å². The number of rotatable bonds is 20. The van der Waals surface area contributed by atoms with Crippen molar-refractivity contribution in [3.05, 3.63) is 0 Å². The van der Waals surface area contributed by atoms with Crippen molar-refractivity contribution >= 4 is 0 Å². The average Bonchev–Trinajstić information content (AvgIpc) is 3.48. The third-order valence-corrected chi connectivity index (χ3v) is 5.40. The Balaban J connectivity index is 2.11. The molecule has 2 atom stereocenters. The molecular weight excluding hydrogens is 328 g/mol. The van der Waals surface area contributed by atoms with Crippen molar-refractivity contribution in [3.8, 4) is 0 Å². The standard InChI is InChI=1S/C22H44O4/c1-4-5-6-7-8-9-10-13-20(14-11-16-22(23-2)24-3)15-12-17-25-18-21-19-26-21/h20-22H,4-19H2,1-3H3. The van der Waals surface area contributed by atoms with Crippen LogP contribution in [0.3, 0.4) is 0 Å². The zero-order chi connectivity index (χ0) is 18.9. The van der Waals surface area contributed by atoms with Gasteiger partial charge in [-0.1, -0.05) is 64.7 Å². The highest BCUT2D eigenvalue weighted by Crippen LogP contribution is 2.23. The minimum absolute atomic E-state index is 0.0453. The van der Waals surface area contributed by atoms with E-state index in [1.165, 1.54) is 77.0 Å². The first-order chi connectivity index (χ1) is 12.8. The predicted molar refractivity (Wildman–Crippen MR) is 108 cm³/mol. The molecule has 2 unspecified atom stereocenters. The number of methoxy groups -OCH3 is 2. The Kier molecular flexibility index (Phi) is 15.6. The Morgan fingerprint density at radius 3 is 2.08 bits per heavy atom. The zero-order valence-corrected chi connectivity index (χ0v) is 17.7. The molecule has 1 fully saturated rings. The fraction of sp³-hybridized carbons (Fsp3) is 1.00. The van der Waals surface area contributed by atoms with E-state index in [1.807, 2.05) is 0 Å². The van der Waals surface area contributed by atoms with Crippen LogP contribution < -0.4 is 0 Å². The second-order valence-corrected chi connectivity index (χ2v) is 7.78. The van der Waals surface area contributed by atoms with E-state index in [0.717, 1.165) is 32.2 Å². The molecule has 0 aliphatic carbocycles. The van der Waals surface area contributed by atoms with Crippen LogP contribution in [0.5, 0.6) is 0 Å². The molecule has 1 aliphatic heterocycles. The highest BCUT2D eigenvalue weighted by Gasteiger charge is 2.22. The van der Waals surface area contributed by atoms with Crippen LogP contribution in [0.25, 0.3) is 0 Å². The maximum atomic E-state index is 5.70. The Morgan fingerprint density at radius 2 is 1.42 bits per heavy atom. The molecule has 0 N–H and O–H groups in total. The van der Waals surface area contributed by atoms with Gasteiger partial charge in [0.15, 0.2) is 6.29 Å². The summed E-state index contributed by atoms with van der Waals surface area (Å²) in [5.41, 5.74) is 0. The molecule has 0 radical (unpaired) electrons. The van der Waals surface area contributed by atoms with E-state index in [2.05, 4.69) is 6.92 Å². The minimum Gasteiger partial charge on any atom is -0.379 e. The lowest BCUT2D eigenvalue weighted by atomic mass is 9.91. The maximum absolute atomic E-state index is 5.70. The largest absolute Gasteiger partial charge is 0.379 e. The molecule has 0 aromatic carbocycles. The topological polar surface area (TPSA) is 40.2 Å². The van der Waals surface area contributed by atoms with Gasteiger partial charge in [0.25, 0.3) is 0 Å². The molecule has 4 heteroatoms. The molecule has 0 amide bonds. The van der Waals surface area contributed by atoms with Crippen molar-refractivity contribution < 1.29 is 18.9 Å². The van der Waals surface area contributed by atoms with Gasteiger partial charge in [-0.2, -0.15) is 0 Å². The lowest BCUT2D eigenvalue weighted by Crippen LogP contribution is -2.13. The summed E-state index contributed by atoms with van der Waals surface area (Å²) in [4.78, 5) is 0. The highest BCUT2D eigenvalue weighted by atomic mass is 16.7. The Bertz CT molecular complexity index is 290. The number of unbranched alkanes of at least 4 members (excludes halogenated alkanes) is 6. The second kappa shape index (κ2) is 17.0. The quantitative estimate of drug-likeness (QED) is 0.155. The van der Waals surface area contributed by atoms with Gasteiger partial charge in [-0.25, -0.2) is 0 Å². The van der Waals surface area contributed by atoms with Gasteiger partial charge < -0.3 is 18.9 Å². The van der Waals surface area contributed by atoms with Gasteiger partial charge in [0.2, 0.25) is 0 Å². The summed E-state index contributed by atoms with van der Waals surface area (Å²) in [6.45, 7) is 4.84. The van der Waals surface area contributed by atoms with E-state index >= 15 is 0 Å². The first-order valence-electron chi connectivity index (χ1n) is 11.0. The summed E-state index contributed by atoms with van der Waals surface area (Å²) in [5.74, 6) is 0.820. The van der Waals surface area contributed by atoms with Crippen molar-refractivity contribution in [2.24, 2.45) is 5.92 Å². The van der Waals surface area contributed by atoms with Crippen LogP contribution in [-0.2, 0) is 18.9 Å². The number of hydrogen-bond acceptors (Lipinski definition) is 4.